The molecule has 0 saturated carbocycles. The van der Waals surface area contributed by atoms with Crippen LogP contribution in [-0.2, 0) is 19.6 Å². The highest BCUT2D eigenvalue weighted by Gasteiger charge is 2.36. The van der Waals surface area contributed by atoms with Crippen LogP contribution in [0.4, 0.5) is 10.5 Å². The maximum absolute atomic E-state index is 13.0. The minimum atomic E-state index is -3.80. The van der Waals surface area contributed by atoms with Gasteiger partial charge in [-0.25, -0.2) is 13.6 Å². The molecule has 3 aromatic rings. The molecule has 4 rings (SSSR count). The summed E-state index contributed by atoms with van der Waals surface area (Å²) in [6.07, 6.45) is 1.63. The predicted molar refractivity (Wildman–Crippen MR) is 144 cm³/mol. The Balaban J connectivity index is 1.55. The molecular formula is C26H26N4O5S2. The lowest BCUT2D eigenvalue weighted by atomic mass is 10.1. The summed E-state index contributed by atoms with van der Waals surface area (Å²) >= 11 is 0.784. The summed E-state index contributed by atoms with van der Waals surface area (Å²) in [7, 11) is -3.80. The lowest BCUT2D eigenvalue weighted by Crippen LogP contribution is -2.36. The van der Waals surface area contributed by atoms with Crippen molar-refractivity contribution in [3.8, 4) is 5.69 Å². The first kappa shape index (κ1) is 26.4. The summed E-state index contributed by atoms with van der Waals surface area (Å²) < 4.78 is 25.0. The smallest absolute Gasteiger partial charge is 0.294 e. The first-order valence-electron chi connectivity index (χ1n) is 11.3. The second-order valence-corrected chi connectivity index (χ2v) is 11.3. The number of thioether (sulfide) groups is 1. The molecule has 0 aliphatic carbocycles. The maximum atomic E-state index is 13.0. The van der Waals surface area contributed by atoms with Gasteiger partial charge in [-0.15, -0.1) is 0 Å². The van der Waals surface area contributed by atoms with Crippen LogP contribution in [0.1, 0.15) is 28.1 Å². The van der Waals surface area contributed by atoms with Crippen LogP contribution in [0, 0.1) is 27.7 Å². The number of aryl methyl sites for hydroxylation is 3. The van der Waals surface area contributed by atoms with E-state index in [9.17, 15) is 22.8 Å². The van der Waals surface area contributed by atoms with Crippen LogP contribution in [0.5, 0.6) is 0 Å². The third-order valence-corrected chi connectivity index (χ3v) is 7.94. The van der Waals surface area contributed by atoms with E-state index in [1.807, 2.05) is 56.5 Å². The van der Waals surface area contributed by atoms with Gasteiger partial charge in [0.25, 0.3) is 11.1 Å². The Morgan fingerprint density at radius 2 is 1.65 bits per heavy atom. The lowest BCUT2D eigenvalue weighted by molar-refractivity contribution is -0.127. The van der Waals surface area contributed by atoms with Gasteiger partial charge < -0.3 is 9.88 Å². The number of para-hydroxylation sites is 1. The quantitative estimate of drug-likeness (QED) is 0.456. The van der Waals surface area contributed by atoms with E-state index < -0.39 is 27.1 Å². The monoisotopic (exact) mass is 538 g/mol. The molecule has 0 atom stereocenters. The van der Waals surface area contributed by atoms with E-state index in [-0.39, 0.29) is 16.3 Å². The van der Waals surface area contributed by atoms with Crippen molar-refractivity contribution in [1.29, 1.82) is 0 Å². The molecule has 192 valence electrons. The van der Waals surface area contributed by atoms with Crippen molar-refractivity contribution in [2.45, 2.75) is 32.6 Å². The highest BCUT2D eigenvalue weighted by atomic mass is 32.2. The number of nitrogens with zero attached hydrogens (tertiary/aromatic N) is 2. The van der Waals surface area contributed by atoms with Crippen LogP contribution >= 0.6 is 11.8 Å². The molecule has 9 nitrogen and oxygen atoms in total. The average molecular weight is 539 g/mol. The van der Waals surface area contributed by atoms with E-state index in [1.54, 1.807) is 18.2 Å². The number of aromatic nitrogens is 1. The van der Waals surface area contributed by atoms with Crippen LogP contribution in [0.3, 0.4) is 0 Å². The Morgan fingerprint density at radius 1 is 1.03 bits per heavy atom. The molecule has 1 aliphatic rings. The number of sulfonamides is 1. The number of imide groups is 1. The number of carbonyl (C=O) groups is 3. The van der Waals surface area contributed by atoms with Crippen molar-refractivity contribution < 1.29 is 22.8 Å². The maximum Gasteiger partial charge on any atom is 0.294 e. The summed E-state index contributed by atoms with van der Waals surface area (Å²) in [5, 5.41) is 7.47. The number of nitrogens with two attached hydrogens (primary N) is 1. The third kappa shape index (κ3) is 5.38. The van der Waals surface area contributed by atoms with Crippen molar-refractivity contribution >= 4 is 50.6 Å². The number of nitrogens with one attached hydrogen (secondary N) is 1. The van der Waals surface area contributed by atoms with E-state index in [4.69, 9.17) is 5.14 Å². The number of amides is 3. The minimum Gasteiger partial charge on any atom is -0.324 e. The van der Waals surface area contributed by atoms with Crippen LogP contribution < -0.4 is 10.5 Å². The number of anilines is 1. The van der Waals surface area contributed by atoms with Crippen molar-refractivity contribution in [1.82, 2.24) is 9.47 Å². The third-order valence-electron chi connectivity index (χ3n) is 6.10. The van der Waals surface area contributed by atoms with Crippen LogP contribution in [0.25, 0.3) is 11.8 Å². The van der Waals surface area contributed by atoms with Crippen LogP contribution in [0.15, 0.2) is 58.3 Å². The number of rotatable bonds is 6. The standard InChI is InChI=1S/C26H26N4O5S2/c1-15-6-5-7-16(2)24(15)28-23(31)14-29-25(32)22(36-26(29)33)13-19-12-17(3)30(18(19)4)20-8-10-21(11-9-20)37(27,34)35/h5-13H,14H2,1-4H3,(H,28,31)(H2,27,34,35). The van der Waals surface area contributed by atoms with Gasteiger partial charge in [-0.1, -0.05) is 18.2 Å². The van der Waals surface area contributed by atoms with Gasteiger partial charge in [0, 0.05) is 22.8 Å². The molecule has 0 radical (unpaired) electrons. The number of carbonyl (C=O) groups excluding carboxylic acids is 3. The van der Waals surface area contributed by atoms with Gasteiger partial charge in [-0.05, 0) is 92.6 Å². The summed E-state index contributed by atoms with van der Waals surface area (Å²) in [6.45, 7) is 7.09. The average Bonchev–Trinajstić information content (AvgIpc) is 3.25. The zero-order valence-electron chi connectivity index (χ0n) is 20.7. The molecule has 0 unspecified atom stereocenters. The lowest BCUT2D eigenvalue weighted by Gasteiger charge is -2.15. The van der Waals surface area contributed by atoms with Gasteiger partial charge in [0.05, 0.1) is 9.80 Å². The summed E-state index contributed by atoms with van der Waals surface area (Å²) in [5.74, 6) is -0.990. The van der Waals surface area contributed by atoms with Gasteiger partial charge in [-0.2, -0.15) is 0 Å². The summed E-state index contributed by atoms with van der Waals surface area (Å²) in [6, 6.07) is 13.6. The highest BCUT2D eigenvalue weighted by Crippen LogP contribution is 2.34. The first-order chi connectivity index (χ1) is 17.4. The molecule has 3 N–H and O–H groups in total. The highest BCUT2D eigenvalue weighted by molar-refractivity contribution is 8.18. The largest absolute Gasteiger partial charge is 0.324 e. The van der Waals surface area contributed by atoms with E-state index in [0.717, 1.165) is 50.4 Å². The normalized spacial score (nSPS) is 15.1. The minimum absolute atomic E-state index is 0.00855. The Hall–Kier alpha value is -3.67. The molecular weight excluding hydrogens is 512 g/mol. The summed E-state index contributed by atoms with van der Waals surface area (Å²) in [4.78, 5) is 39.4. The molecule has 1 aromatic heterocycles. The summed E-state index contributed by atoms with van der Waals surface area (Å²) in [5.41, 5.74) is 5.52. The number of benzene rings is 2. The van der Waals surface area contributed by atoms with Crippen molar-refractivity contribution in [3.63, 3.8) is 0 Å². The SMILES string of the molecule is Cc1cccc(C)c1NC(=O)CN1C(=O)SC(=Cc2cc(C)n(-c3ccc(S(N)(=O)=O)cc3)c2C)C1=O. The Kier molecular flexibility index (Phi) is 7.13. The zero-order valence-corrected chi connectivity index (χ0v) is 22.4. The topological polar surface area (TPSA) is 132 Å². The first-order valence-corrected chi connectivity index (χ1v) is 13.7. The molecule has 0 bridgehead atoms. The molecule has 3 amide bonds. The van der Waals surface area contributed by atoms with E-state index in [0.29, 0.717) is 5.69 Å². The molecule has 37 heavy (non-hydrogen) atoms. The zero-order chi connectivity index (χ0) is 27.1. The van der Waals surface area contributed by atoms with Gasteiger partial charge in [0.15, 0.2) is 0 Å². The second-order valence-electron chi connectivity index (χ2n) is 8.78. The van der Waals surface area contributed by atoms with Crippen molar-refractivity contribution in [3.05, 3.63) is 81.5 Å². The predicted octanol–water partition coefficient (Wildman–Crippen LogP) is 4.03. The Bertz CT molecular complexity index is 1550. The second kappa shape index (κ2) is 10.0. The van der Waals surface area contributed by atoms with E-state index in [1.165, 1.54) is 12.1 Å². The fraction of sp³-hybridized carbons (Fsp3) is 0.192. The number of hydrogen-bond acceptors (Lipinski definition) is 6. The van der Waals surface area contributed by atoms with E-state index >= 15 is 0 Å². The molecule has 0 spiro atoms. The molecule has 1 aliphatic heterocycles. The molecule has 11 heteroatoms. The number of hydrogen-bond donors (Lipinski definition) is 2. The Morgan fingerprint density at radius 3 is 2.24 bits per heavy atom. The van der Waals surface area contributed by atoms with Gasteiger partial charge in [0.1, 0.15) is 6.54 Å². The fourth-order valence-electron chi connectivity index (χ4n) is 4.23. The molecule has 2 aromatic carbocycles. The Labute approximate surface area is 219 Å². The van der Waals surface area contributed by atoms with Crippen molar-refractivity contribution in [2.75, 3.05) is 11.9 Å². The van der Waals surface area contributed by atoms with Gasteiger partial charge >= 0.3 is 0 Å². The van der Waals surface area contributed by atoms with Crippen LogP contribution in [-0.4, -0.2) is 41.5 Å². The van der Waals surface area contributed by atoms with E-state index in [2.05, 4.69) is 5.32 Å². The fourth-order valence-corrected chi connectivity index (χ4v) is 5.57. The molecule has 2 heterocycles. The van der Waals surface area contributed by atoms with Gasteiger partial charge in [0.2, 0.25) is 15.9 Å². The van der Waals surface area contributed by atoms with Crippen LogP contribution in [0.2, 0.25) is 0 Å². The molecule has 1 fully saturated rings. The number of primary sulfonamides is 1. The van der Waals surface area contributed by atoms with Crippen molar-refractivity contribution in [2.24, 2.45) is 5.14 Å². The van der Waals surface area contributed by atoms with Gasteiger partial charge in [-0.3, -0.25) is 19.3 Å². The molecule has 1 saturated heterocycles.